The van der Waals surface area contributed by atoms with Crippen LogP contribution in [0.25, 0.3) is 0 Å². The van der Waals surface area contributed by atoms with Crippen LogP contribution in [0.5, 0.6) is 0 Å². The maximum absolute atomic E-state index is 12.1. The number of carbonyl (C=O) groups is 1. The third-order valence-corrected chi connectivity index (χ3v) is 4.21. The number of amides is 1. The summed E-state index contributed by atoms with van der Waals surface area (Å²) in [6.07, 6.45) is 5.30. The van der Waals surface area contributed by atoms with Crippen LogP contribution in [0.4, 0.5) is 5.95 Å². The molecule has 1 amide bonds. The van der Waals surface area contributed by atoms with Crippen LogP contribution in [0.15, 0.2) is 29.0 Å². The molecule has 2 aromatic heterocycles. The molecule has 1 saturated heterocycles. The van der Waals surface area contributed by atoms with Gasteiger partial charge in [-0.05, 0) is 12.5 Å². The van der Waals surface area contributed by atoms with Gasteiger partial charge in [0.1, 0.15) is 5.76 Å². The van der Waals surface area contributed by atoms with Crippen LogP contribution >= 0.6 is 0 Å². The van der Waals surface area contributed by atoms with Gasteiger partial charge in [0.25, 0.3) is 5.91 Å². The van der Waals surface area contributed by atoms with Crippen molar-refractivity contribution in [2.24, 2.45) is 0 Å². The molecule has 0 spiro atoms. The molecule has 0 atom stereocenters. The lowest BCUT2D eigenvalue weighted by Gasteiger charge is -2.34. The van der Waals surface area contributed by atoms with Gasteiger partial charge in [-0.3, -0.25) is 9.69 Å². The fourth-order valence-electron chi connectivity index (χ4n) is 2.83. The normalized spacial score (nSPS) is 15.3. The molecule has 8 nitrogen and oxygen atoms in total. The van der Waals surface area contributed by atoms with Crippen molar-refractivity contribution < 1.29 is 9.32 Å². The first-order valence-electron chi connectivity index (χ1n) is 8.74. The number of piperazine rings is 1. The van der Waals surface area contributed by atoms with E-state index in [9.17, 15) is 4.79 Å². The SMILES string of the molecule is CCCc1cc(C(=O)NCCN2CCN(c3ncccn3)CC2)no1. The van der Waals surface area contributed by atoms with Gasteiger partial charge >= 0.3 is 0 Å². The Morgan fingerprint density at radius 3 is 2.72 bits per heavy atom. The minimum atomic E-state index is -0.178. The van der Waals surface area contributed by atoms with E-state index in [1.54, 1.807) is 18.5 Å². The molecule has 1 N–H and O–H groups in total. The highest BCUT2D eigenvalue weighted by atomic mass is 16.5. The van der Waals surface area contributed by atoms with Crippen molar-refractivity contribution in [3.63, 3.8) is 0 Å². The first-order chi connectivity index (χ1) is 12.3. The molecule has 3 heterocycles. The Morgan fingerprint density at radius 2 is 2.00 bits per heavy atom. The molecular formula is C17H24N6O2. The molecule has 3 rings (SSSR count). The molecule has 1 aliphatic heterocycles. The number of carbonyl (C=O) groups excluding carboxylic acids is 1. The van der Waals surface area contributed by atoms with Gasteiger partial charge in [-0.15, -0.1) is 0 Å². The second kappa shape index (κ2) is 8.57. The smallest absolute Gasteiger partial charge is 0.273 e. The van der Waals surface area contributed by atoms with E-state index >= 15 is 0 Å². The minimum absolute atomic E-state index is 0.178. The maximum atomic E-state index is 12.1. The lowest BCUT2D eigenvalue weighted by Crippen LogP contribution is -2.49. The number of rotatable bonds is 7. The van der Waals surface area contributed by atoms with Crippen LogP contribution in [0.2, 0.25) is 0 Å². The molecule has 1 fully saturated rings. The maximum Gasteiger partial charge on any atom is 0.273 e. The highest BCUT2D eigenvalue weighted by Crippen LogP contribution is 2.09. The quantitative estimate of drug-likeness (QED) is 0.801. The van der Waals surface area contributed by atoms with Crippen molar-refractivity contribution in [3.05, 3.63) is 36.0 Å². The number of nitrogens with zero attached hydrogens (tertiary/aromatic N) is 5. The van der Waals surface area contributed by atoms with Crippen molar-refractivity contribution in [3.8, 4) is 0 Å². The van der Waals surface area contributed by atoms with Gasteiger partial charge in [0.2, 0.25) is 5.95 Å². The van der Waals surface area contributed by atoms with Crippen LogP contribution < -0.4 is 10.2 Å². The summed E-state index contributed by atoms with van der Waals surface area (Å²) in [4.78, 5) is 25.1. The van der Waals surface area contributed by atoms with E-state index in [0.29, 0.717) is 12.2 Å². The molecule has 0 aliphatic carbocycles. The average molecular weight is 344 g/mol. The second-order valence-corrected chi connectivity index (χ2v) is 6.06. The molecule has 2 aromatic rings. The topological polar surface area (TPSA) is 87.4 Å². The highest BCUT2D eigenvalue weighted by Gasteiger charge is 2.19. The summed E-state index contributed by atoms with van der Waals surface area (Å²) in [6.45, 7) is 7.11. The second-order valence-electron chi connectivity index (χ2n) is 6.06. The Morgan fingerprint density at radius 1 is 1.24 bits per heavy atom. The van der Waals surface area contributed by atoms with E-state index in [-0.39, 0.29) is 5.91 Å². The van der Waals surface area contributed by atoms with Gasteiger partial charge < -0.3 is 14.7 Å². The van der Waals surface area contributed by atoms with E-state index in [2.05, 4.69) is 37.2 Å². The van der Waals surface area contributed by atoms with E-state index in [4.69, 9.17) is 4.52 Å². The van der Waals surface area contributed by atoms with Crippen molar-refractivity contribution >= 4 is 11.9 Å². The Labute approximate surface area is 147 Å². The molecule has 1 aliphatic rings. The standard InChI is InChI=1S/C17H24N6O2/c1-2-4-14-13-15(21-25-14)16(24)18-7-8-22-9-11-23(12-10-22)17-19-5-3-6-20-17/h3,5-6,13H,2,4,7-12H2,1H3,(H,18,24). The van der Waals surface area contributed by atoms with Crippen molar-refractivity contribution in [2.75, 3.05) is 44.2 Å². The van der Waals surface area contributed by atoms with Crippen LogP contribution in [-0.4, -0.2) is 65.2 Å². The third-order valence-electron chi connectivity index (χ3n) is 4.21. The molecule has 0 radical (unpaired) electrons. The lowest BCUT2D eigenvalue weighted by molar-refractivity contribution is 0.0938. The lowest BCUT2D eigenvalue weighted by atomic mass is 10.2. The molecule has 0 saturated carbocycles. The predicted octanol–water partition coefficient (Wildman–Crippen LogP) is 0.969. The zero-order chi connectivity index (χ0) is 17.5. The Kier molecular flexibility index (Phi) is 5.95. The molecule has 0 unspecified atom stereocenters. The molecular weight excluding hydrogens is 320 g/mol. The molecule has 134 valence electrons. The number of anilines is 1. The zero-order valence-corrected chi connectivity index (χ0v) is 14.5. The Bertz CT molecular complexity index is 667. The molecule has 0 aromatic carbocycles. The summed E-state index contributed by atoms with van der Waals surface area (Å²) < 4.78 is 5.14. The Balaban J connectivity index is 1.37. The summed E-state index contributed by atoms with van der Waals surface area (Å²) in [5.74, 6) is 1.36. The summed E-state index contributed by atoms with van der Waals surface area (Å²) in [6, 6.07) is 3.54. The van der Waals surface area contributed by atoms with Crippen molar-refractivity contribution in [1.82, 2.24) is 25.3 Å². The third kappa shape index (κ3) is 4.76. The van der Waals surface area contributed by atoms with E-state index in [1.165, 1.54) is 0 Å². The fraction of sp³-hybridized carbons (Fsp3) is 0.529. The first-order valence-corrected chi connectivity index (χ1v) is 8.74. The van der Waals surface area contributed by atoms with Crippen molar-refractivity contribution in [2.45, 2.75) is 19.8 Å². The van der Waals surface area contributed by atoms with Crippen LogP contribution in [0, 0.1) is 0 Å². The van der Waals surface area contributed by atoms with Crippen molar-refractivity contribution in [1.29, 1.82) is 0 Å². The number of aryl methyl sites for hydroxylation is 1. The van der Waals surface area contributed by atoms with Gasteiger partial charge in [0, 0.05) is 64.1 Å². The van der Waals surface area contributed by atoms with Crippen LogP contribution in [0.1, 0.15) is 29.6 Å². The Hall–Kier alpha value is -2.48. The largest absolute Gasteiger partial charge is 0.361 e. The van der Waals surface area contributed by atoms with E-state index in [0.717, 1.165) is 57.3 Å². The van der Waals surface area contributed by atoms with Gasteiger partial charge in [0.05, 0.1) is 0 Å². The molecule has 25 heavy (non-hydrogen) atoms. The summed E-state index contributed by atoms with van der Waals surface area (Å²) in [5, 5.41) is 6.73. The summed E-state index contributed by atoms with van der Waals surface area (Å²) in [5.41, 5.74) is 0.356. The number of aromatic nitrogens is 3. The molecule has 0 bridgehead atoms. The fourth-order valence-corrected chi connectivity index (χ4v) is 2.83. The minimum Gasteiger partial charge on any atom is -0.361 e. The van der Waals surface area contributed by atoms with Crippen LogP contribution in [0.3, 0.4) is 0 Å². The number of hydrogen-bond acceptors (Lipinski definition) is 7. The number of hydrogen-bond donors (Lipinski definition) is 1. The average Bonchev–Trinajstić information content (AvgIpc) is 3.12. The van der Waals surface area contributed by atoms with Gasteiger partial charge in [-0.2, -0.15) is 0 Å². The molecule has 8 heteroatoms. The number of nitrogens with one attached hydrogen (secondary N) is 1. The predicted molar refractivity (Wildman–Crippen MR) is 93.5 cm³/mol. The summed E-state index contributed by atoms with van der Waals surface area (Å²) in [7, 11) is 0. The highest BCUT2D eigenvalue weighted by molar-refractivity contribution is 5.92. The van der Waals surface area contributed by atoms with E-state index < -0.39 is 0 Å². The van der Waals surface area contributed by atoms with E-state index in [1.807, 2.05) is 6.07 Å². The van der Waals surface area contributed by atoms with Gasteiger partial charge in [-0.25, -0.2) is 9.97 Å². The zero-order valence-electron chi connectivity index (χ0n) is 14.5. The summed E-state index contributed by atoms with van der Waals surface area (Å²) >= 11 is 0. The monoisotopic (exact) mass is 344 g/mol. The van der Waals surface area contributed by atoms with Gasteiger partial charge in [-0.1, -0.05) is 12.1 Å². The first kappa shape index (κ1) is 17.3. The van der Waals surface area contributed by atoms with Gasteiger partial charge in [0.15, 0.2) is 5.69 Å². The van der Waals surface area contributed by atoms with Crippen LogP contribution in [-0.2, 0) is 6.42 Å².